The molecule has 1 heterocycles. The molecule has 5 heteroatoms. The smallest absolute Gasteiger partial charge is 0.230 e. The van der Waals surface area contributed by atoms with Crippen molar-refractivity contribution >= 4 is 5.78 Å². The number of benzene rings is 1. The van der Waals surface area contributed by atoms with Crippen molar-refractivity contribution in [2.75, 3.05) is 0 Å². The molecular formula is C10H8FN3O. The van der Waals surface area contributed by atoms with Crippen molar-refractivity contribution < 1.29 is 9.18 Å². The first-order valence-electron chi connectivity index (χ1n) is 4.34. The zero-order valence-electron chi connectivity index (χ0n) is 7.99. The normalized spacial score (nSPS) is 10.3. The lowest BCUT2D eigenvalue weighted by Crippen LogP contribution is -2.06. The van der Waals surface area contributed by atoms with Crippen molar-refractivity contribution in [1.82, 2.24) is 15.2 Å². The molecule has 0 aliphatic carbocycles. The molecule has 0 fully saturated rings. The van der Waals surface area contributed by atoms with Crippen molar-refractivity contribution in [3.8, 4) is 0 Å². The first-order chi connectivity index (χ1) is 7.18. The molecule has 0 spiro atoms. The monoisotopic (exact) mass is 205 g/mol. The Morgan fingerprint density at radius 3 is 2.87 bits per heavy atom. The van der Waals surface area contributed by atoms with Crippen LogP contribution in [-0.4, -0.2) is 21.0 Å². The van der Waals surface area contributed by atoms with Gasteiger partial charge in [-0.2, -0.15) is 5.10 Å². The van der Waals surface area contributed by atoms with Crippen molar-refractivity contribution in [1.29, 1.82) is 0 Å². The Bertz CT molecular complexity index is 493. The van der Waals surface area contributed by atoms with Crippen LogP contribution < -0.4 is 0 Å². The SMILES string of the molecule is Cc1cc(F)ccc1C(=O)c1ncn[nH]1. The highest BCUT2D eigenvalue weighted by Gasteiger charge is 2.14. The van der Waals surface area contributed by atoms with Gasteiger partial charge >= 0.3 is 0 Å². The quantitative estimate of drug-likeness (QED) is 0.755. The number of aromatic nitrogens is 3. The summed E-state index contributed by atoms with van der Waals surface area (Å²) in [4.78, 5) is 15.5. The Morgan fingerprint density at radius 1 is 1.47 bits per heavy atom. The van der Waals surface area contributed by atoms with Crippen LogP contribution in [0.2, 0.25) is 0 Å². The molecule has 0 atom stereocenters. The molecule has 0 radical (unpaired) electrons. The highest BCUT2D eigenvalue weighted by atomic mass is 19.1. The van der Waals surface area contributed by atoms with Crippen molar-refractivity contribution in [2.24, 2.45) is 0 Å². The van der Waals surface area contributed by atoms with Gasteiger partial charge in [0, 0.05) is 5.56 Å². The van der Waals surface area contributed by atoms with Gasteiger partial charge in [0.1, 0.15) is 12.1 Å². The number of rotatable bonds is 2. The van der Waals surface area contributed by atoms with E-state index < -0.39 is 0 Å². The van der Waals surface area contributed by atoms with E-state index in [1.54, 1.807) is 6.92 Å². The zero-order valence-corrected chi connectivity index (χ0v) is 7.99. The maximum Gasteiger partial charge on any atom is 0.230 e. The van der Waals surface area contributed by atoms with Gasteiger partial charge in [-0.05, 0) is 30.7 Å². The number of H-pyrrole nitrogens is 1. The minimum atomic E-state index is -0.360. The number of carbonyl (C=O) groups is 1. The topological polar surface area (TPSA) is 58.6 Å². The number of nitrogens with zero attached hydrogens (tertiary/aromatic N) is 2. The number of hydrogen-bond donors (Lipinski definition) is 1. The number of nitrogens with one attached hydrogen (secondary N) is 1. The summed E-state index contributed by atoms with van der Waals surface area (Å²) in [5.41, 5.74) is 1.00. The summed E-state index contributed by atoms with van der Waals surface area (Å²) in [6.07, 6.45) is 1.26. The van der Waals surface area contributed by atoms with Crippen LogP contribution in [0.1, 0.15) is 21.7 Å². The standard InChI is InChI=1S/C10H8FN3O/c1-6-4-7(11)2-3-8(6)9(15)10-12-5-13-14-10/h2-5H,1H3,(H,12,13,14). The van der Waals surface area contributed by atoms with E-state index in [4.69, 9.17) is 0 Å². The molecule has 1 N–H and O–H groups in total. The predicted octanol–water partition coefficient (Wildman–Crippen LogP) is 1.48. The second-order valence-corrected chi connectivity index (χ2v) is 3.12. The van der Waals surface area contributed by atoms with Crippen LogP contribution in [-0.2, 0) is 0 Å². The number of halogens is 1. The molecule has 0 unspecified atom stereocenters. The molecule has 2 rings (SSSR count). The maximum absolute atomic E-state index is 12.8. The molecule has 0 amide bonds. The summed E-state index contributed by atoms with van der Waals surface area (Å²) >= 11 is 0. The van der Waals surface area contributed by atoms with Gasteiger partial charge in [0.25, 0.3) is 0 Å². The average Bonchev–Trinajstić information content (AvgIpc) is 2.69. The van der Waals surface area contributed by atoms with Gasteiger partial charge in [0.05, 0.1) is 0 Å². The largest absolute Gasteiger partial charge is 0.285 e. The molecule has 0 saturated carbocycles. The lowest BCUT2D eigenvalue weighted by atomic mass is 10.0. The molecule has 0 bridgehead atoms. The Hall–Kier alpha value is -2.04. The third-order valence-corrected chi connectivity index (χ3v) is 2.06. The summed E-state index contributed by atoms with van der Waals surface area (Å²) < 4.78 is 12.8. The molecule has 1 aromatic heterocycles. The molecule has 15 heavy (non-hydrogen) atoms. The molecule has 0 saturated heterocycles. The fourth-order valence-corrected chi connectivity index (χ4v) is 1.32. The second-order valence-electron chi connectivity index (χ2n) is 3.12. The first kappa shape index (κ1) is 9.51. The Morgan fingerprint density at radius 2 is 2.27 bits per heavy atom. The van der Waals surface area contributed by atoms with Crippen molar-refractivity contribution in [3.63, 3.8) is 0 Å². The molecule has 4 nitrogen and oxygen atoms in total. The maximum atomic E-state index is 12.8. The minimum Gasteiger partial charge on any atom is -0.285 e. The van der Waals surface area contributed by atoms with Gasteiger partial charge in [-0.1, -0.05) is 0 Å². The summed E-state index contributed by atoms with van der Waals surface area (Å²) in [5, 5.41) is 6.06. The third kappa shape index (κ3) is 1.76. The van der Waals surface area contributed by atoms with Crippen molar-refractivity contribution in [3.05, 3.63) is 47.3 Å². The summed E-state index contributed by atoms with van der Waals surface area (Å²) in [6, 6.07) is 4.00. The molecule has 76 valence electrons. The van der Waals surface area contributed by atoms with E-state index in [0.717, 1.165) is 0 Å². The third-order valence-electron chi connectivity index (χ3n) is 2.06. The fraction of sp³-hybridized carbons (Fsp3) is 0.100. The van der Waals surface area contributed by atoms with E-state index in [-0.39, 0.29) is 17.4 Å². The summed E-state index contributed by atoms with van der Waals surface area (Å²) in [5.74, 6) is -0.490. The molecule has 0 aliphatic rings. The van der Waals surface area contributed by atoms with Crippen molar-refractivity contribution in [2.45, 2.75) is 6.92 Å². The Kier molecular flexibility index (Phi) is 2.29. The van der Waals surface area contributed by atoms with E-state index in [2.05, 4.69) is 15.2 Å². The van der Waals surface area contributed by atoms with E-state index in [1.807, 2.05) is 0 Å². The van der Waals surface area contributed by atoms with Crippen LogP contribution in [0.4, 0.5) is 4.39 Å². The van der Waals surface area contributed by atoms with E-state index in [9.17, 15) is 9.18 Å². The van der Waals surface area contributed by atoms with Gasteiger partial charge in [-0.3, -0.25) is 9.89 Å². The molecule has 0 aliphatic heterocycles. The predicted molar refractivity (Wildman–Crippen MR) is 51.0 cm³/mol. The van der Waals surface area contributed by atoms with Crippen LogP contribution in [0, 0.1) is 12.7 Å². The highest BCUT2D eigenvalue weighted by molar-refractivity contribution is 6.07. The molecular weight excluding hydrogens is 197 g/mol. The zero-order chi connectivity index (χ0) is 10.8. The number of aromatic amines is 1. The Balaban J connectivity index is 2.42. The van der Waals surface area contributed by atoms with Crippen LogP contribution in [0.5, 0.6) is 0 Å². The number of carbonyl (C=O) groups excluding carboxylic acids is 1. The van der Waals surface area contributed by atoms with Gasteiger partial charge < -0.3 is 0 Å². The van der Waals surface area contributed by atoms with Crippen LogP contribution in [0.3, 0.4) is 0 Å². The van der Waals surface area contributed by atoms with Gasteiger partial charge in [0.2, 0.25) is 5.78 Å². The molecule has 1 aromatic carbocycles. The van der Waals surface area contributed by atoms with E-state index in [1.165, 1.54) is 24.5 Å². The van der Waals surface area contributed by atoms with Crippen LogP contribution >= 0.6 is 0 Å². The Labute approximate surface area is 85.2 Å². The van der Waals surface area contributed by atoms with Gasteiger partial charge in [-0.15, -0.1) is 0 Å². The van der Waals surface area contributed by atoms with E-state index in [0.29, 0.717) is 11.1 Å². The van der Waals surface area contributed by atoms with E-state index >= 15 is 0 Å². The average molecular weight is 205 g/mol. The summed E-state index contributed by atoms with van der Waals surface area (Å²) in [7, 11) is 0. The second kappa shape index (κ2) is 3.61. The number of aryl methyl sites for hydroxylation is 1. The fourth-order valence-electron chi connectivity index (χ4n) is 1.32. The van der Waals surface area contributed by atoms with Crippen LogP contribution in [0.25, 0.3) is 0 Å². The lowest BCUT2D eigenvalue weighted by Gasteiger charge is -2.01. The minimum absolute atomic E-state index is 0.157. The number of ketones is 1. The summed E-state index contributed by atoms with van der Waals surface area (Å²) in [6.45, 7) is 1.67. The molecule has 2 aromatic rings. The number of hydrogen-bond acceptors (Lipinski definition) is 3. The van der Waals surface area contributed by atoms with Gasteiger partial charge in [0.15, 0.2) is 5.82 Å². The lowest BCUT2D eigenvalue weighted by molar-refractivity contribution is 0.102. The first-order valence-corrected chi connectivity index (χ1v) is 4.34. The van der Waals surface area contributed by atoms with Gasteiger partial charge in [-0.25, -0.2) is 9.37 Å². The highest BCUT2D eigenvalue weighted by Crippen LogP contribution is 2.12. The van der Waals surface area contributed by atoms with Crippen LogP contribution in [0.15, 0.2) is 24.5 Å².